The van der Waals surface area contributed by atoms with Crippen molar-refractivity contribution in [2.75, 3.05) is 18.6 Å². The Kier molecular flexibility index (Phi) is 7.14. The van der Waals surface area contributed by atoms with Crippen LogP contribution in [0.1, 0.15) is 49.2 Å². The molecule has 0 aliphatic heterocycles. The van der Waals surface area contributed by atoms with Gasteiger partial charge in [0.25, 0.3) is 5.91 Å². The number of hydrogen-bond donors (Lipinski definition) is 1. The molecule has 3 aromatic rings. The van der Waals surface area contributed by atoms with E-state index in [0.717, 1.165) is 35.0 Å². The molecule has 7 heteroatoms. The van der Waals surface area contributed by atoms with Gasteiger partial charge >= 0.3 is 0 Å². The van der Waals surface area contributed by atoms with Gasteiger partial charge in [0.2, 0.25) is 0 Å². The highest BCUT2D eigenvalue weighted by atomic mass is 32.2. The minimum absolute atomic E-state index is 0.0328. The average molecular weight is 413 g/mol. The third-order valence-corrected chi connectivity index (χ3v) is 5.48. The SMILES string of the molecule is CSCCC(NC(=O)COc1cc(C(C)C)ccc1C)c1nnc2ccccn12. The van der Waals surface area contributed by atoms with Crippen LogP contribution in [-0.2, 0) is 4.79 Å². The number of benzene rings is 1. The first-order valence-corrected chi connectivity index (χ1v) is 11.2. The van der Waals surface area contributed by atoms with Gasteiger partial charge in [0.15, 0.2) is 18.1 Å². The monoisotopic (exact) mass is 412 g/mol. The second-order valence-electron chi connectivity index (χ2n) is 7.36. The molecule has 1 atom stereocenters. The Hall–Kier alpha value is -2.54. The minimum atomic E-state index is -0.223. The second-order valence-corrected chi connectivity index (χ2v) is 8.34. The Morgan fingerprint density at radius 1 is 1.24 bits per heavy atom. The van der Waals surface area contributed by atoms with Crippen molar-refractivity contribution in [3.8, 4) is 5.75 Å². The quantitative estimate of drug-likeness (QED) is 0.572. The fourth-order valence-corrected chi connectivity index (χ4v) is 3.58. The molecule has 29 heavy (non-hydrogen) atoms. The Morgan fingerprint density at radius 3 is 2.83 bits per heavy atom. The van der Waals surface area contributed by atoms with Gasteiger partial charge in [0.05, 0.1) is 6.04 Å². The zero-order valence-corrected chi connectivity index (χ0v) is 18.2. The summed E-state index contributed by atoms with van der Waals surface area (Å²) in [6, 6.07) is 11.7. The van der Waals surface area contributed by atoms with E-state index < -0.39 is 0 Å². The van der Waals surface area contributed by atoms with Crippen molar-refractivity contribution >= 4 is 23.3 Å². The van der Waals surface area contributed by atoms with Gasteiger partial charge in [-0.25, -0.2) is 0 Å². The van der Waals surface area contributed by atoms with Crippen LogP contribution in [0.3, 0.4) is 0 Å². The molecule has 2 heterocycles. The molecule has 0 aliphatic rings. The van der Waals surface area contributed by atoms with Crippen molar-refractivity contribution in [3.05, 3.63) is 59.5 Å². The van der Waals surface area contributed by atoms with Gasteiger partial charge in [0, 0.05) is 6.20 Å². The fraction of sp³-hybridized carbons (Fsp3) is 0.409. The molecule has 0 bridgehead atoms. The first kappa shape index (κ1) is 21.2. The number of carbonyl (C=O) groups is 1. The van der Waals surface area contributed by atoms with Crippen LogP contribution in [0.15, 0.2) is 42.6 Å². The number of fused-ring (bicyclic) bond motifs is 1. The number of thioether (sulfide) groups is 1. The molecule has 2 aromatic heterocycles. The van der Waals surface area contributed by atoms with E-state index in [1.807, 2.05) is 47.9 Å². The maximum Gasteiger partial charge on any atom is 0.258 e. The van der Waals surface area contributed by atoms with Gasteiger partial charge in [-0.1, -0.05) is 32.0 Å². The largest absolute Gasteiger partial charge is 0.483 e. The highest BCUT2D eigenvalue weighted by molar-refractivity contribution is 7.98. The lowest BCUT2D eigenvalue weighted by atomic mass is 10.0. The van der Waals surface area contributed by atoms with Crippen molar-refractivity contribution < 1.29 is 9.53 Å². The van der Waals surface area contributed by atoms with Crippen molar-refractivity contribution in [1.82, 2.24) is 19.9 Å². The number of rotatable bonds is 9. The van der Waals surface area contributed by atoms with Gasteiger partial charge < -0.3 is 10.1 Å². The number of aryl methyl sites for hydroxylation is 1. The van der Waals surface area contributed by atoms with Crippen molar-refractivity contribution in [2.24, 2.45) is 0 Å². The lowest BCUT2D eigenvalue weighted by Gasteiger charge is -2.18. The Labute approximate surface area is 176 Å². The summed E-state index contributed by atoms with van der Waals surface area (Å²) in [5.74, 6) is 2.63. The molecule has 0 spiro atoms. The Morgan fingerprint density at radius 2 is 2.07 bits per heavy atom. The molecule has 0 radical (unpaired) electrons. The minimum Gasteiger partial charge on any atom is -0.483 e. The molecule has 1 unspecified atom stereocenters. The van der Waals surface area contributed by atoms with E-state index in [4.69, 9.17) is 4.74 Å². The highest BCUT2D eigenvalue weighted by Gasteiger charge is 2.20. The number of ether oxygens (including phenoxy) is 1. The Balaban J connectivity index is 1.70. The molecular formula is C22H28N4O2S. The number of pyridine rings is 1. The number of nitrogens with zero attached hydrogens (tertiary/aromatic N) is 3. The third-order valence-electron chi connectivity index (χ3n) is 4.84. The van der Waals surface area contributed by atoms with Crippen molar-refractivity contribution in [1.29, 1.82) is 0 Å². The molecule has 0 fully saturated rings. The summed E-state index contributed by atoms with van der Waals surface area (Å²) < 4.78 is 7.76. The summed E-state index contributed by atoms with van der Waals surface area (Å²) in [5.41, 5.74) is 2.98. The molecule has 6 nitrogen and oxygen atoms in total. The molecule has 1 N–H and O–H groups in total. The lowest BCUT2D eigenvalue weighted by molar-refractivity contribution is -0.123. The summed E-state index contributed by atoms with van der Waals surface area (Å²) in [5, 5.41) is 11.6. The van der Waals surface area contributed by atoms with E-state index in [1.54, 1.807) is 11.8 Å². The van der Waals surface area contributed by atoms with E-state index in [2.05, 4.69) is 41.7 Å². The van der Waals surface area contributed by atoms with E-state index in [9.17, 15) is 4.79 Å². The van der Waals surface area contributed by atoms with Gasteiger partial charge in [-0.2, -0.15) is 11.8 Å². The van der Waals surface area contributed by atoms with Crippen molar-refractivity contribution in [2.45, 2.75) is 39.2 Å². The summed E-state index contributed by atoms with van der Waals surface area (Å²) in [6.07, 6.45) is 4.74. The summed E-state index contributed by atoms with van der Waals surface area (Å²) >= 11 is 1.74. The van der Waals surface area contributed by atoms with Crippen LogP contribution in [0, 0.1) is 6.92 Å². The van der Waals surface area contributed by atoms with E-state index in [-0.39, 0.29) is 18.6 Å². The van der Waals surface area contributed by atoms with Crippen molar-refractivity contribution in [3.63, 3.8) is 0 Å². The maximum absolute atomic E-state index is 12.7. The van der Waals surface area contributed by atoms with E-state index in [1.165, 1.54) is 5.56 Å². The zero-order chi connectivity index (χ0) is 20.8. The van der Waals surface area contributed by atoms with Gasteiger partial charge in [-0.05, 0) is 60.6 Å². The first-order chi connectivity index (χ1) is 14.0. The molecule has 154 valence electrons. The summed E-state index contributed by atoms with van der Waals surface area (Å²) in [4.78, 5) is 12.7. The number of amides is 1. The van der Waals surface area contributed by atoms with Crippen LogP contribution in [0.2, 0.25) is 0 Å². The molecule has 0 saturated heterocycles. The molecule has 3 rings (SSSR count). The summed E-state index contributed by atoms with van der Waals surface area (Å²) in [7, 11) is 0. The smallest absolute Gasteiger partial charge is 0.258 e. The van der Waals surface area contributed by atoms with Crippen LogP contribution < -0.4 is 10.1 Å². The molecule has 0 saturated carbocycles. The third kappa shape index (κ3) is 5.29. The summed E-state index contributed by atoms with van der Waals surface area (Å²) in [6.45, 7) is 6.23. The average Bonchev–Trinajstić information content (AvgIpc) is 3.14. The van der Waals surface area contributed by atoms with Gasteiger partial charge in [0.1, 0.15) is 5.75 Å². The fourth-order valence-electron chi connectivity index (χ4n) is 3.11. The highest BCUT2D eigenvalue weighted by Crippen LogP contribution is 2.24. The van der Waals surface area contributed by atoms with Crippen LogP contribution in [0.25, 0.3) is 5.65 Å². The normalized spacial score (nSPS) is 12.3. The number of carbonyl (C=O) groups excluding carboxylic acids is 1. The van der Waals surface area contributed by atoms with Gasteiger partial charge in [-0.3, -0.25) is 9.20 Å². The number of aromatic nitrogens is 3. The van der Waals surface area contributed by atoms with Crippen LogP contribution >= 0.6 is 11.8 Å². The number of hydrogen-bond acceptors (Lipinski definition) is 5. The van der Waals surface area contributed by atoms with E-state index >= 15 is 0 Å². The maximum atomic E-state index is 12.7. The van der Waals surface area contributed by atoms with Crippen LogP contribution in [0.4, 0.5) is 0 Å². The zero-order valence-electron chi connectivity index (χ0n) is 17.4. The molecule has 1 aromatic carbocycles. The topological polar surface area (TPSA) is 68.5 Å². The first-order valence-electron chi connectivity index (χ1n) is 9.81. The number of nitrogens with one attached hydrogen (secondary N) is 1. The van der Waals surface area contributed by atoms with Crippen LogP contribution in [0.5, 0.6) is 5.75 Å². The predicted octanol–water partition coefficient (Wildman–Crippen LogP) is 4.15. The lowest BCUT2D eigenvalue weighted by Crippen LogP contribution is -2.34. The van der Waals surface area contributed by atoms with Gasteiger partial charge in [-0.15, -0.1) is 10.2 Å². The van der Waals surface area contributed by atoms with Crippen LogP contribution in [-0.4, -0.2) is 39.1 Å². The molecule has 1 amide bonds. The predicted molar refractivity (Wildman–Crippen MR) is 118 cm³/mol. The molecule has 0 aliphatic carbocycles. The standard InChI is InChI=1S/C22H28N4O2S/c1-15(2)17-9-8-16(3)19(13-17)28-14-21(27)23-18(10-12-29-4)22-25-24-20-7-5-6-11-26(20)22/h5-9,11,13,15,18H,10,12,14H2,1-4H3,(H,23,27). The van der Waals surface area contributed by atoms with E-state index in [0.29, 0.717) is 5.92 Å². The molecular weight excluding hydrogens is 384 g/mol. The second kappa shape index (κ2) is 9.78. The Bertz CT molecular complexity index is 970.